The fourth-order valence-electron chi connectivity index (χ4n) is 1.64. The van der Waals surface area contributed by atoms with Crippen LogP contribution in [0, 0.1) is 0 Å². The molecule has 6 heteroatoms. The van der Waals surface area contributed by atoms with Gasteiger partial charge in [-0.25, -0.2) is 8.78 Å². The van der Waals surface area contributed by atoms with Gasteiger partial charge in [0.25, 0.3) is 0 Å². The Morgan fingerprint density at radius 2 is 1.84 bits per heavy atom. The van der Waals surface area contributed by atoms with Gasteiger partial charge in [-0.3, -0.25) is 4.98 Å². The molecule has 2 aromatic rings. The maximum atomic E-state index is 12.7. The number of hydrogen-bond donors (Lipinski definition) is 1. The number of halogens is 4. The minimum Gasteiger partial charge on any atom is -0.305 e. The molecule has 19 heavy (non-hydrogen) atoms. The molecule has 102 valence electrons. The Hall–Kier alpha value is -1.69. The third kappa shape index (κ3) is 3.41. The van der Waals surface area contributed by atoms with Crippen molar-refractivity contribution in [3.63, 3.8) is 0 Å². The number of pyridine rings is 1. The van der Waals surface area contributed by atoms with Crippen molar-refractivity contribution in [1.29, 1.82) is 0 Å². The second-order valence-electron chi connectivity index (χ2n) is 4.16. The molecule has 2 nitrogen and oxygen atoms in total. The number of benzene rings is 1. The summed E-state index contributed by atoms with van der Waals surface area (Å²) in [6.07, 6.45) is -3.66. The van der Waals surface area contributed by atoms with Crippen molar-refractivity contribution in [3.8, 4) is 0 Å². The first-order chi connectivity index (χ1) is 8.99. The van der Waals surface area contributed by atoms with Crippen LogP contribution >= 0.6 is 0 Å². The van der Waals surface area contributed by atoms with E-state index in [9.17, 15) is 17.6 Å². The van der Waals surface area contributed by atoms with Crippen LogP contribution in [0.4, 0.5) is 17.6 Å². The summed E-state index contributed by atoms with van der Waals surface area (Å²) in [4.78, 5) is 4.24. The standard InChI is InChI=1S/C13H12F4N2/c14-12(15)13(16,17)8-18-7-10-6-5-9-3-1-2-4-11(9)19-10/h1-6,12,18H,7-8H2. The molecule has 1 aromatic heterocycles. The van der Waals surface area contributed by atoms with Gasteiger partial charge in [0.15, 0.2) is 0 Å². The number of hydrogen-bond acceptors (Lipinski definition) is 2. The van der Waals surface area contributed by atoms with Crippen LogP contribution in [-0.2, 0) is 6.54 Å². The van der Waals surface area contributed by atoms with Gasteiger partial charge in [0.05, 0.1) is 17.8 Å². The van der Waals surface area contributed by atoms with E-state index in [0.29, 0.717) is 5.69 Å². The van der Waals surface area contributed by atoms with E-state index in [1.165, 1.54) is 0 Å². The molecule has 1 heterocycles. The van der Waals surface area contributed by atoms with E-state index in [1.807, 2.05) is 24.3 Å². The molecule has 0 radical (unpaired) electrons. The number of nitrogens with one attached hydrogen (secondary N) is 1. The van der Waals surface area contributed by atoms with Crippen LogP contribution in [0.5, 0.6) is 0 Å². The van der Waals surface area contributed by atoms with Gasteiger partial charge in [0, 0.05) is 11.9 Å². The van der Waals surface area contributed by atoms with Gasteiger partial charge in [-0.05, 0) is 12.1 Å². The second kappa shape index (κ2) is 5.52. The molecule has 0 amide bonds. The summed E-state index contributed by atoms with van der Waals surface area (Å²) in [5.41, 5.74) is 1.27. The van der Waals surface area contributed by atoms with Crippen molar-refractivity contribution >= 4 is 10.9 Å². The summed E-state index contributed by atoms with van der Waals surface area (Å²) < 4.78 is 49.2. The number of aromatic nitrogens is 1. The minimum absolute atomic E-state index is 0.0210. The Morgan fingerprint density at radius 1 is 1.11 bits per heavy atom. The van der Waals surface area contributed by atoms with Crippen LogP contribution in [0.1, 0.15) is 5.69 Å². The molecular weight excluding hydrogens is 260 g/mol. The zero-order valence-electron chi connectivity index (χ0n) is 9.91. The highest BCUT2D eigenvalue weighted by Crippen LogP contribution is 2.21. The molecule has 0 fully saturated rings. The van der Waals surface area contributed by atoms with Crippen molar-refractivity contribution in [2.75, 3.05) is 6.54 Å². The molecule has 0 saturated heterocycles. The van der Waals surface area contributed by atoms with Crippen LogP contribution < -0.4 is 5.32 Å². The smallest absolute Gasteiger partial charge is 0.305 e. The average Bonchev–Trinajstić information content (AvgIpc) is 2.38. The first kappa shape index (κ1) is 13.7. The minimum atomic E-state index is -4.02. The monoisotopic (exact) mass is 272 g/mol. The lowest BCUT2D eigenvalue weighted by molar-refractivity contribution is -0.125. The molecule has 0 aliphatic carbocycles. The molecule has 0 saturated carbocycles. The second-order valence-corrected chi connectivity index (χ2v) is 4.16. The molecule has 0 spiro atoms. The van der Waals surface area contributed by atoms with Gasteiger partial charge in [-0.2, -0.15) is 8.78 Å². The van der Waals surface area contributed by atoms with Gasteiger partial charge in [0.2, 0.25) is 0 Å². The van der Waals surface area contributed by atoms with E-state index < -0.39 is 18.9 Å². The fourth-order valence-corrected chi connectivity index (χ4v) is 1.64. The van der Waals surface area contributed by atoms with Crippen molar-refractivity contribution in [2.24, 2.45) is 0 Å². The SMILES string of the molecule is FC(F)C(F)(F)CNCc1ccc2ccccc2n1. The lowest BCUT2D eigenvalue weighted by atomic mass is 10.2. The van der Waals surface area contributed by atoms with Crippen LogP contribution in [0.3, 0.4) is 0 Å². The first-order valence-corrected chi connectivity index (χ1v) is 5.70. The number of para-hydroxylation sites is 1. The molecule has 0 bridgehead atoms. The van der Waals surface area contributed by atoms with Gasteiger partial charge < -0.3 is 5.32 Å². The Labute approximate surface area is 107 Å². The number of nitrogens with zero attached hydrogens (tertiary/aromatic N) is 1. The first-order valence-electron chi connectivity index (χ1n) is 5.70. The van der Waals surface area contributed by atoms with Gasteiger partial charge >= 0.3 is 12.3 Å². The van der Waals surface area contributed by atoms with Gasteiger partial charge in [-0.1, -0.05) is 24.3 Å². The molecule has 1 aromatic carbocycles. The highest BCUT2D eigenvalue weighted by Gasteiger charge is 2.39. The van der Waals surface area contributed by atoms with Gasteiger partial charge in [-0.15, -0.1) is 0 Å². The average molecular weight is 272 g/mol. The molecular formula is C13H12F4N2. The highest BCUT2D eigenvalue weighted by molar-refractivity contribution is 5.78. The summed E-state index contributed by atoms with van der Waals surface area (Å²) in [6.45, 7) is -1.05. The lowest BCUT2D eigenvalue weighted by Gasteiger charge is -2.15. The molecule has 0 aliphatic rings. The highest BCUT2D eigenvalue weighted by atomic mass is 19.3. The van der Waals surface area contributed by atoms with Crippen molar-refractivity contribution in [1.82, 2.24) is 10.3 Å². The van der Waals surface area contributed by atoms with E-state index >= 15 is 0 Å². The molecule has 0 unspecified atom stereocenters. The largest absolute Gasteiger partial charge is 0.319 e. The number of alkyl halides is 4. The van der Waals surface area contributed by atoms with Crippen molar-refractivity contribution < 1.29 is 17.6 Å². The Balaban J connectivity index is 1.98. The normalized spacial score (nSPS) is 12.3. The zero-order chi connectivity index (χ0) is 13.9. The Morgan fingerprint density at radius 3 is 2.58 bits per heavy atom. The summed E-state index contributed by atoms with van der Waals surface area (Å²) in [5, 5.41) is 3.23. The predicted octanol–water partition coefficient (Wildman–Crippen LogP) is 3.22. The third-order valence-corrected chi connectivity index (χ3v) is 2.64. The predicted molar refractivity (Wildman–Crippen MR) is 64.4 cm³/mol. The topological polar surface area (TPSA) is 24.9 Å². The molecule has 2 rings (SSSR count). The maximum absolute atomic E-state index is 12.7. The van der Waals surface area contributed by atoms with Crippen LogP contribution in [-0.4, -0.2) is 23.9 Å². The fraction of sp³-hybridized carbons (Fsp3) is 0.308. The van der Waals surface area contributed by atoms with Crippen LogP contribution in [0.2, 0.25) is 0 Å². The summed E-state index contributed by atoms with van der Waals surface area (Å²) in [5.74, 6) is -4.02. The van der Waals surface area contributed by atoms with E-state index in [0.717, 1.165) is 10.9 Å². The zero-order valence-corrected chi connectivity index (χ0v) is 9.91. The number of rotatable bonds is 5. The van der Waals surface area contributed by atoms with E-state index in [2.05, 4.69) is 10.3 Å². The summed E-state index contributed by atoms with van der Waals surface area (Å²) in [6, 6.07) is 10.8. The maximum Gasteiger partial charge on any atom is 0.319 e. The quantitative estimate of drug-likeness (QED) is 0.845. The lowest BCUT2D eigenvalue weighted by Crippen LogP contribution is -2.38. The molecule has 0 atom stereocenters. The van der Waals surface area contributed by atoms with Crippen LogP contribution in [0.25, 0.3) is 10.9 Å². The third-order valence-electron chi connectivity index (χ3n) is 2.64. The summed E-state index contributed by atoms with van der Waals surface area (Å²) >= 11 is 0. The van der Waals surface area contributed by atoms with Crippen molar-refractivity contribution in [3.05, 3.63) is 42.1 Å². The molecule has 0 aliphatic heterocycles. The van der Waals surface area contributed by atoms with Gasteiger partial charge in [0.1, 0.15) is 0 Å². The summed E-state index contributed by atoms with van der Waals surface area (Å²) in [7, 11) is 0. The molecule has 1 N–H and O–H groups in total. The number of fused-ring (bicyclic) bond motifs is 1. The Kier molecular flexibility index (Phi) is 3.99. The van der Waals surface area contributed by atoms with E-state index in [4.69, 9.17) is 0 Å². The van der Waals surface area contributed by atoms with E-state index in [1.54, 1.807) is 12.1 Å². The van der Waals surface area contributed by atoms with Crippen molar-refractivity contribution in [2.45, 2.75) is 18.9 Å². The van der Waals surface area contributed by atoms with E-state index in [-0.39, 0.29) is 6.54 Å². The van der Waals surface area contributed by atoms with Crippen LogP contribution in [0.15, 0.2) is 36.4 Å². The Bertz CT molecular complexity index is 557.